The number of ether oxygens (including phenoxy) is 1. The second-order valence-electron chi connectivity index (χ2n) is 2.25. The summed E-state index contributed by atoms with van der Waals surface area (Å²) >= 11 is 2.97. The molecule has 1 aromatic rings. The molecule has 0 unspecified atom stereocenters. The molecule has 0 aromatic carbocycles. The Bertz CT molecular complexity index is 320. The van der Waals surface area contributed by atoms with Gasteiger partial charge < -0.3 is 10.5 Å². The highest BCUT2D eigenvalue weighted by atomic mass is 79.9. The van der Waals surface area contributed by atoms with Gasteiger partial charge in [-0.15, -0.1) is 0 Å². The predicted molar refractivity (Wildman–Crippen MR) is 47.9 cm³/mol. The van der Waals surface area contributed by atoms with E-state index >= 15 is 0 Å². The maximum atomic E-state index is 12.3. The van der Waals surface area contributed by atoms with Crippen LogP contribution < -0.4 is 10.5 Å². The highest BCUT2D eigenvalue weighted by molar-refractivity contribution is 9.10. The topological polar surface area (TPSA) is 48.1 Å². The highest BCUT2D eigenvalue weighted by Gasteiger charge is 2.17. The Hall–Kier alpha value is -0.910. The fraction of sp³-hybridized carbons (Fsp3) is 0.286. The first kappa shape index (κ1) is 10.2. The summed E-state index contributed by atoms with van der Waals surface area (Å²) < 4.78 is 29.6. The lowest BCUT2D eigenvalue weighted by molar-refractivity contribution is 0.149. The molecular weight excluding hydrogens is 246 g/mol. The lowest BCUT2D eigenvalue weighted by atomic mass is 10.3. The summed E-state index contributed by atoms with van der Waals surface area (Å²) in [5.41, 5.74) is 5.16. The molecule has 0 aliphatic heterocycles. The third-order valence-electron chi connectivity index (χ3n) is 1.47. The van der Waals surface area contributed by atoms with Crippen LogP contribution >= 0.6 is 15.9 Å². The number of aromatic nitrogens is 1. The second kappa shape index (κ2) is 3.87. The summed E-state index contributed by atoms with van der Waals surface area (Å²) in [6.45, 7) is 0. The molecule has 0 amide bonds. The molecule has 72 valence electrons. The Labute approximate surface area is 82.0 Å². The standard InChI is InChI=1S/C7H7BrF2N2O/c1-13-5-4(8)3(6(9)10)2-12-7(5)11/h2,6H,1H3,(H2,11,12). The van der Waals surface area contributed by atoms with Crippen molar-refractivity contribution in [3.05, 3.63) is 16.2 Å². The monoisotopic (exact) mass is 252 g/mol. The fourth-order valence-corrected chi connectivity index (χ4v) is 1.48. The number of anilines is 1. The summed E-state index contributed by atoms with van der Waals surface area (Å²) in [7, 11) is 1.34. The Morgan fingerprint density at radius 2 is 2.23 bits per heavy atom. The van der Waals surface area contributed by atoms with Gasteiger partial charge in [-0.1, -0.05) is 0 Å². The molecule has 3 nitrogen and oxygen atoms in total. The van der Waals surface area contributed by atoms with Crippen molar-refractivity contribution in [2.45, 2.75) is 6.43 Å². The van der Waals surface area contributed by atoms with Crippen molar-refractivity contribution < 1.29 is 13.5 Å². The highest BCUT2D eigenvalue weighted by Crippen LogP contribution is 2.36. The van der Waals surface area contributed by atoms with Crippen molar-refractivity contribution in [2.75, 3.05) is 12.8 Å². The maximum absolute atomic E-state index is 12.3. The van der Waals surface area contributed by atoms with Gasteiger partial charge in [0.1, 0.15) is 0 Å². The molecule has 0 saturated heterocycles. The zero-order valence-electron chi connectivity index (χ0n) is 6.72. The van der Waals surface area contributed by atoms with E-state index in [0.717, 1.165) is 6.20 Å². The molecule has 0 bridgehead atoms. The molecule has 0 radical (unpaired) electrons. The van der Waals surface area contributed by atoms with Gasteiger partial charge in [0.2, 0.25) is 0 Å². The molecule has 0 saturated carbocycles. The van der Waals surface area contributed by atoms with E-state index in [-0.39, 0.29) is 21.6 Å². The van der Waals surface area contributed by atoms with Crippen LogP contribution in [0.15, 0.2) is 10.7 Å². The molecule has 0 aliphatic rings. The number of hydrogen-bond donors (Lipinski definition) is 1. The average molecular weight is 253 g/mol. The summed E-state index contributed by atoms with van der Waals surface area (Å²) in [6, 6.07) is 0. The van der Waals surface area contributed by atoms with Crippen LogP contribution in [-0.2, 0) is 0 Å². The number of halogens is 3. The molecule has 0 fully saturated rings. The minimum absolute atomic E-state index is 0.0822. The van der Waals surface area contributed by atoms with Crippen molar-refractivity contribution in [1.29, 1.82) is 0 Å². The Balaban J connectivity index is 3.27. The summed E-state index contributed by atoms with van der Waals surface area (Å²) in [6.07, 6.45) is -1.58. The third kappa shape index (κ3) is 1.88. The SMILES string of the molecule is COc1c(N)ncc(C(F)F)c1Br. The second-order valence-corrected chi connectivity index (χ2v) is 3.04. The van der Waals surface area contributed by atoms with E-state index in [1.54, 1.807) is 0 Å². The Morgan fingerprint density at radius 3 is 2.69 bits per heavy atom. The fourth-order valence-electron chi connectivity index (χ4n) is 0.844. The number of nitrogens with two attached hydrogens (primary N) is 1. The average Bonchev–Trinajstić information content (AvgIpc) is 2.04. The molecule has 1 aromatic heterocycles. The van der Waals surface area contributed by atoms with Gasteiger partial charge in [0.25, 0.3) is 6.43 Å². The van der Waals surface area contributed by atoms with Crippen molar-refractivity contribution in [2.24, 2.45) is 0 Å². The summed E-state index contributed by atoms with van der Waals surface area (Å²) in [5.74, 6) is 0.219. The molecule has 1 rings (SSSR count). The predicted octanol–water partition coefficient (Wildman–Crippen LogP) is 2.37. The van der Waals surface area contributed by atoms with Crippen LogP contribution in [0.25, 0.3) is 0 Å². The van der Waals surface area contributed by atoms with Crippen LogP contribution in [-0.4, -0.2) is 12.1 Å². The van der Waals surface area contributed by atoms with E-state index in [2.05, 4.69) is 20.9 Å². The third-order valence-corrected chi connectivity index (χ3v) is 2.29. The molecule has 1 heterocycles. The minimum Gasteiger partial charge on any atom is -0.492 e. The summed E-state index contributed by atoms with van der Waals surface area (Å²) in [5, 5.41) is 0. The molecular formula is C7H7BrF2N2O. The maximum Gasteiger partial charge on any atom is 0.266 e. The number of nitrogens with zero attached hydrogens (tertiary/aromatic N) is 1. The number of rotatable bonds is 2. The van der Waals surface area contributed by atoms with E-state index in [1.165, 1.54) is 7.11 Å². The normalized spacial score (nSPS) is 10.5. The van der Waals surface area contributed by atoms with E-state index < -0.39 is 6.43 Å². The molecule has 6 heteroatoms. The van der Waals surface area contributed by atoms with Crippen LogP contribution in [0, 0.1) is 0 Å². The lowest BCUT2D eigenvalue weighted by Gasteiger charge is -2.09. The van der Waals surface area contributed by atoms with E-state index in [4.69, 9.17) is 10.5 Å². The van der Waals surface area contributed by atoms with E-state index in [0.29, 0.717) is 0 Å². The molecule has 0 aliphatic carbocycles. The number of methoxy groups -OCH3 is 1. The smallest absolute Gasteiger partial charge is 0.266 e. The van der Waals surface area contributed by atoms with E-state index in [9.17, 15) is 8.78 Å². The molecule has 13 heavy (non-hydrogen) atoms. The van der Waals surface area contributed by atoms with Gasteiger partial charge in [-0.25, -0.2) is 13.8 Å². The van der Waals surface area contributed by atoms with Crippen LogP contribution in [0.5, 0.6) is 5.75 Å². The number of pyridine rings is 1. The zero-order chi connectivity index (χ0) is 10.0. The Kier molecular flexibility index (Phi) is 3.02. The molecule has 0 spiro atoms. The Morgan fingerprint density at radius 1 is 1.62 bits per heavy atom. The van der Waals surface area contributed by atoms with Gasteiger partial charge in [-0.05, 0) is 15.9 Å². The number of alkyl halides is 2. The van der Waals surface area contributed by atoms with Crippen molar-refractivity contribution >= 4 is 21.7 Å². The van der Waals surface area contributed by atoms with Crippen molar-refractivity contribution in [3.8, 4) is 5.75 Å². The molecule has 0 atom stereocenters. The van der Waals surface area contributed by atoms with Crippen LogP contribution in [0.4, 0.5) is 14.6 Å². The van der Waals surface area contributed by atoms with Crippen LogP contribution in [0.1, 0.15) is 12.0 Å². The molecule has 2 N–H and O–H groups in total. The summed E-state index contributed by atoms with van der Waals surface area (Å²) in [4.78, 5) is 3.57. The van der Waals surface area contributed by atoms with Gasteiger partial charge in [-0.2, -0.15) is 0 Å². The van der Waals surface area contributed by atoms with Gasteiger partial charge in [0, 0.05) is 6.20 Å². The first-order chi connectivity index (χ1) is 6.07. The number of hydrogen-bond acceptors (Lipinski definition) is 3. The largest absolute Gasteiger partial charge is 0.492 e. The van der Waals surface area contributed by atoms with Gasteiger partial charge >= 0.3 is 0 Å². The van der Waals surface area contributed by atoms with Crippen molar-refractivity contribution in [1.82, 2.24) is 4.98 Å². The van der Waals surface area contributed by atoms with Gasteiger partial charge in [0.05, 0.1) is 17.1 Å². The zero-order valence-corrected chi connectivity index (χ0v) is 8.31. The van der Waals surface area contributed by atoms with E-state index in [1.807, 2.05) is 0 Å². The van der Waals surface area contributed by atoms with Crippen LogP contribution in [0.3, 0.4) is 0 Å². The van der Waals surface area contributed by atoms with Crippen LogP contribution in [0.2, 0.25) is 0 Å². The minimum atomic E-state index is -2.60. The first-order valence-corrected chi connectivity index (χ1v) is 4.13. The van der Waals surface area contributed by atoms with Gasteiger partial charge in [-0.3, -0.25) is 0 Å². The van der Waals surface area contributed by atoms with Gasteiger partial charge in [0.15, 0.2) is 11.6 Å². The lowest BCUT2D eigenvalue weighted by Crippen LogP contribution is -1.99. The first-order valence-electron chi connectivity index (χ1n) is 3.34. The van der Waals surface area contributed by atoms with Crippen molar-refractivity contribution in [3.63, 3.8) is 0 Å². The quantitative estimate of drug-likeness (QED) is 0.880. The number of nitrogen functional groups attached to an aromatic ring is 1.